The minimum atomic E-state index is -0.584. The summed E-state index contributed by atoms with van der Waals surface area (Å²) in [4.78, 5) is 7.43. The van der Waals surface area contributed by atoms with E-state index in [9.17, 15) is 0 Å². The highest BCUT2D eigenvalue weighted by Crippen LogP contribution is 2.66. The molecule has 0 saturated carbocycles. The zero-order valence-corrected chi connectivity index (χ0v) is 50.0. The fourth-order valence-electron chi connectivity index (χ4n) is 16.7. The number of anilines is 5. The van der Waals surface area contributed by atoms with Crippen molar-refractivity contribution in [2.45, 2.75) is 11.5 Å². The predicted molar refractivity (Wildman–Crippen MR) is 382 cm³/mol. The molecular formula is C87H55N3O2. The molecule has 0 bridgehead atoms. The second-order valence-corrected chi connectivity index (χ2v) is 24.8. The Balaban J connectivity index is 1.01. The van der Waals surface area contributed by atoms with Crippen LogP contribution in [-0.2, 0) is 5.41 Å². The summed E-state index contributed by atoms with van der Waals surface area (Å²) in [6, 6.07) is 96.6. The monoisotopic (exact) mass is 1170 g/mol. The van der Waals surface area contributed by atoms with Crippen LogP contribution in [0.3, 0.4) is 0 Å². The summed E-state index contributed by atoms with van der Waals surface area (Å²) in [5, 5.41) is 10.8. The van der Waals surface area contributed by atoms with Crippen LogP contribution in [0.25, 0.3) is 122 Å². The van der Waals surface area contributed by atoms with Crippen molar-refractivity contribution in [2.24, 2.45) is 0 Å². The Bertz CT molecular complexity index is 5900. The van der Waals surface area contributed by atoms with Crippen LogP contribution in [0.2, 0.25) is 0 Å². The third-order valence-corrected chi connectivity index (χ3v) is 20.3. The smallest absolute Gasteiger partial charge is 0.159 e. The van der Waals surface area contributed by atoms with E-state index in [0.29, 0.717) is 6.54 Å². The third-order valence-electron chi connectivity index (χ3n) is 20.3. The molecule has 15 aromatic rings. The van der Waals surface area contributed by atoms with Crippen LogP contribution < -0.4 is 25.1 Å². The van der Waals surface area contributed by atoms with Crippen LogP contribution in [0.15, 0.2) is 318 Å². The van der Waals surface area contributed by atoms with Crippen molar-refractivity contribution in [1.82, 2.24) is 0 Å². The molecule has 1 atom stereocenters. The molecule has 0 amide bonds. The van der Waals surface area contributed by atoms with Crippen LogP contribution in [0, 0.1) is 0 Å². The molecule has 1 unspecified atom stereocenters. The van der Waals surface area contributed by atoms with Gasteiger partial charge in [-0.05, 0) is 120 Å². The first-order chi connectivity index (χ1) is 45.7. The molecule has 5 aliphatic rings. The number of para-hydroxylation sites is 3. The molecular weight excluding hydrogens is 1120 g/mol. The summed E-state index contributed by atoms with van der Waals surface area (Å²) in [5.74, 6) is 0. The number of hydrogen-bond donors (Lipinski definition) is 0. The standard InChI is InChI=1S/C87H55N3O2/c1-5-27-54(28-6-1)65-51-67-80(81-64-40-25-47-74(84(64)92-85(65)81)89-53-56-31-11-12-34-58(56)61-37-16-21-45-72(61)89)82-66(52-75(88-49-23-4-24-50-88)79-63-39-17-22-48-76(63)91-86(79)82)77(55-29-7-2-8-30-55)83(67)90(57-32-9-3-10-33-57)73-46-26-44-71-78(73)62-38-15-20-43-70(62)87(71)68-41-18-13-35-59(68)60-36-14-19-42-69(60)87/h1-49,51-53,72H,50H2. The van der Waals surface area contributed by atoms with Gasteiger partial charge in [-0.15, -0.1) is 0 Å². The number of furan rings is 2. The molecule has 3 aliphatic carbocycles. The molecule has 430 valence electrons. The van der Waals surface area contributed by atoms with Crippen LogP contribution in [0.1, 0.15) is 22.3 Å². The normalized spacial score (nSPS) is 15.4. The number of rotatable bonds is 7. The van der Waals surface area contributed by atoms with Crippen LogP contribution in [-0.4, -0.2) is 12.6 Å². The van der Waals surface area contributed by atoms with Gasteiger partial charge >= 0.3 is 0 Å². The van der Waals surface area contributed by atoms with Crippen LogP contribution >= 0.6 is 0 Å². The first kappa shape index (κ1) is 51.0. The average Bonchev–Trinajstić information content (AvgIpc) is 1.47. The van der Waals surface area contributed by atoms with Gasteiger partial charge in [0.25, 0.3) is 0 Å². The largest absolute Gasteiger partial charge is 0.455 e. The highest BCUT2D eigenvalue weighted by atomic mass is 16.3. The molecule has 5 heteroatoms. The van der Waals surface area contributed by atoms with E-state index in [0.717, 1.165) is 121 Å². The van der Waals surface area contributed by atoms with E-state index in [4.69, 9.17) is 8.83 Å². The van der Waals surface area contributed by atoms with E-state index < -0.39 is 5.41 Å². The number of allylic oxidation sites excluding steroid dienone is 4. The lowest BCUT2D eigenvalue weighted by molar-refractivity contribution is 0.669. The molecule has 0 radical (unpaired) electrons. The topological polar surface area (TPSA) is 36.0 Å². The minimum absolute atomic E-state index is 0.0605. The molecule has 1 spiro atoms. The van der Waals surface area contributed by atoms with E-state index >= 15 is 0 Å². The summed E-state index contributed by atoms with van der Waals surface area (Å²) in [6.45, 7) is 0.695. The summed E-state index contributed by atoms with van der Waals surface area (Å²) in [7, 11) is 0. The van der Waals surface area contributed by atoms with Gasteiger partial charge in [0.2, 0.25) is 0 Å². The Morgan fingerprint density at radius 2 is 1.08 bits per heavy atom. The van der Waals surface area contributed by atoms with Crippen molar-refractivity contribution in [2.75, 3.05) is 21.2 Å². The Kier molecular flexibility index (Phi) is 10.8. The Hall–Kier alpha value is -11.9. The SMILES string of the molecule is C1=CCN(c2cc3c(-c4ccccc4)c(N(c4ccccc4)c4cccc5c4-c4ccccc4C54c5ccccc5-c5ccccc54)c4cc(-c5ccccc5)c5oc6c(N7C=c8ccccc8=C8C=CC=CC87)cccc6c5c4c3c3oc4ccccc4c23)C=C1. The number of fused-ring (bicyclic) bond motifs is 23. The second kappa shape index (κ2) is 19.5. The molecule has 13 aromatic carbocycles. The third kappa shape index (κ3) is 6.96. The van der Waals surface area contributed by atoms with Crippen LogP contribution in [0.5, 0.6) is 0 Å². The average molecular weight is 1170 g/mol. The molecule has 20 rings (SSSR count). The maximum Gasteiger partial charge on any atom is 0.159 e. The number of benzene rings is 13. The maximum atomic E-state index is 7.85. The second-order valence-electron chi connectivity index (χ2n) is 24.8. The lowest BCUT2D eigenvalue weighted by Gasteiger charge is -2.34. The van der Waals surface area contributed by atoms with Gasteiger partial charge in [-0.3, -0.25) is 0 Å². The molecule has 2 aromatic heterocycles. The van der Waals surface area contributed by atoms with Crippen molar-refractivity contribution in [3.8, 4) is 44.5 Å². The van der Waals surface area contributed by atoms with Gasteiger partial charge in [0.05, 0.1) is 39.6 Å². The summed E-state index contributed by atoms with van der Waals surface area (Å²) < 4.78 is 15.4. The molecule has 2 aliphatic heterocycles. The number of nitrogens with zero attached hydrogens (tertiary/aromatic N) is 3. The Labute approximate surface area is 530 Å². The van der Waals surface area contributed by atoms with E-state index in [2.05, 4.69) is 330 Å². The van der Waals surface area contributed by atoms with Gasteiger partial charge in [0.15, 0.2) is 5.58 Å². The van der Waals surface area contributed by atoms with Crippen molar-refractivity contribution >= 4 is 106 Å². The molecule has 5 nitrogen and oxygen atoms in total. The van der Waals surface area contributed by atoms with Crippen LogP contribution in [0.4, 0.5) is 28.4 Å². The molecule has 4 heterocycles. The zero-order chi connectivity index (χ0) is 60.2. The van der Waals surface area contributed by atoms with Crippen molar-refractivity contribution < 1.29 is 8.83 Å². The summed E-state index contributed by atoms with van der Waals surface area (Å²) >= 11 is 0. The van der Waals surface area contributed by atoms with Gasteiger partial charge in [-0.25, -0.2) is 0 Å². The van der Waals surface area contributed by atoms with Crippen molar-refractivity contribution in [3.05, 3.63) is 342 Å². The van der Waals surface area contributed by atoms with Gasteiger partial charge in [-0.2, -0.15) is 0 Å². The molecule has 0 fully saturated rings. The van der Waals surface area contributed by atoms with Gasteiger partial charge < -0.3 is 23.5 Å². The summed E-state index contributed by atoms with van der Waals surface area (Å²) in [5.41, 5.74) is 23.5. The molecule has 92 heavy (non-hydrogen) atoms. The first-order valence-electron chi connectivity index (χ1n) is 31.9. The fraction of sp³-hybridized carbons (Fsp3) is 0.0345. The Morgan fingerprint density at radius 1 is 0.424 bits per heavy atom. The fourth-order valence-corrected chi connectivity index (χ4v) is 16.7. The van der Waals surface area contributed by atoms with Crippen molar-refractivity contribution in [3.63, 3.8) is 0 Å². The van der Waals surface area contributed by atoms with E-state index in [1.807, 2.05) is 0 Å². The quantitative estimate of drug-likeness (QED) is 0.149. The number of hydrogen-bond acceptors (Lipinski definition) is 5. The molecule has 0 N–H and O–H groups in total. The summed E-state index contributed by atoms with van der Waals surface area (Å²) in [6.07, 6.45) is 20.0. The van der Waals surface area contributed by atoms with Gasteiger partial charge in [0, 0.05) is 73.6 Å². The lowest BCUT2D eigenvalue weighted by atomic mass is 9.70. The highest BCUT2D eigenvalue weighted by molar-refractivity contribution is 6.40. The van der Waals surface area contributed by atoms with Crippen molar-refractivity contribution in [1.29, 1.82) is 0 Å². The van der Waals surface area contributed by atoms with Gasteiger partial charge in [-0.1, -0.05) is 255 Å². The minimum Gasteiger partial charge on any atom is -0.455 e. The van der Waals surface area contributed by atoms with E-state index in [1.165, 1.54) is 55.3 Å². The van der Waals surface area contributed by atoms with E-state index in [1.54, 1.807) is 0 Å². The zero-order valence-electron chi connectivity index (χ0n) is 50.0. The first-order valence-corrected chi connectivity index (χ1v) is 31.9. The predicted octanol–water partition coefficient (Wildman–Crippen LogP) is 20.7. The van der Waals surface area contributed by atoms with E-state index in [-0.39, 0.29) is 6.04 Å². The molecule has 0 saturated heterocycles. The maximum absolute atomic E-state index is 7.85. The van der Waals surface area contributed by atoms with Gasteiger partial charge in [0.1, 0.15) is 16.7 Å². The lowest BCUT2D eigenvalue weighted by Crippen LogP contribution is -2.44. The highest BCUT2D eigenvalue weighted by Gasteiger charge is 2.52. The Morgan fingerprint density at radius 3 is 1.86 bits per heavy atom.